The maximum Gasteiger partial charge on any atom is 0.211 e. The van der Waals surface area contributed by atoms with Crippen LogP contribution in [0.5, 0.6) is 0 Å². The summed E-state index contributed by atoms with van der Waals surface area (Å²) in [6, 6.07) is 34.9. The molecule has 0 atom stereocenters. The number of Topliss-reactive ketones (excluding diaryl/α,β-unsaturated/α-hetero) is 3. The molecule has 0 bridgehead atoms. The normalized spacial score (nSPS) is 11.7. The van der Waals surface area contributed by atoms with Gasteiger partial charge in [0.05, 0.1) is 11.6 Å². The molecule has 0 spiro atoms. The fourth-order valence-electron chi connectivity index (χ4n) is 7.77. The first-order valence-corrected chi connectivity index (χ1v) is 23.5. The van der Waals surface area contributed by atoms with Crippen LogP contribution >= 0.6 is 0 Å². The van der Waals surface area contributed by atoms with Crippen LogP contribution in [0, 0.1) is 11.3 Å². The number of carbonyl (C=O) groups is 3. The number of rotatable bonds is 20. The number of hydrogen-bond donors (Lipinski definition) is 0. The van der Waals surface area contributed by atoms with E-state index in [0.717, 1.165) is 11.1 Å². The minimum atomic E-state index is -0.782. The molecule has 0 aliphatic carbocycles. The average molecular weight is 800 g/mol. The number of nitriles is 1. The number of carbonyl (C=O) groups excluding carboxylic acids is 3. The highest BCUT2D eigenvalue weighted by Crippen LogP contribution is 2.32. The second kappa shape index (κ2) is 23.4. The Morgan fingerprint density at radius 2 is 0.879 bits per heavy atom. The largest absolute Gasteiger partial charge is 0.289 e. The van der Waals surface area contributed by atoms with Gasteiger partial charge in [-0.25, -0.2) is 0 Å². The van der Waals surface area contributed by atoms with Crippen LogP contribution in [0.3, 0.4) is 0 Å². The summed E-state index contributed by atoms with van der Waals surface area (Å²) in [7, 11) is -0.782. The van der Waals surface area contributed by atoms with Crippen LogP contribution in [0.4, 0.5) is 0 Å². The first-order chi connectivity index (χ1) is 27.5. The molecule has 4 nitrogen and oxygen atoms in total. The Bertz CT molecular complexity index is 1800. The summed E-state index contributed by atoms with van der Waals surface area (Å²) in [6.45, 7) is 19.7. The van der Waals surface area contributed by atoms with Crippen LogP contribution in [-0.2, 0) is 28.0 Å². The second-order valence-corrected chi connectivity index (χ2v) is 20.6. The lowest BCUT2D eigenvalue weighted by Gasteiger charge is -2.40. The molecule has 0 heterocycles. The molecule has 6 heteroatoms. The minimum Gasteiger partial charge on any atom is -0.289 e. The van der Waals surface area contributed by atoms with Crippen LogP contribution in [0.2, 0.25) is 19.0 Å². The molecular weight excluding hydrogens is 729 g/mol. The third kappa shape index (κ3) is 15.9. The van der Waals surface area contributed by atoms with E-state index in [-0.39, 0.29) is 51.6 Å². The topological polar surface area (TPSA) is 75.0 Å². The van der Waals surface area contributed by atoms with Gasteiger partial charge >= 0.3 is 0 Å². The van der Waals surface area contributed by atoms with Gasteiger partial charge in [0.25, 0.3) is 0 Å². The molecule has 0 aliphatic rings. The summed E-state index contributed by atoms with van der Waals surface area (Å²) in [5.74, 6) is 0.0775. The smallest absolute Gasteiger partial charge is 0.211 e. The molecule has 0 radical (unpaired) electrons. The molecular formula is C52H70BNO3S. The predicted molar refractivity (Wildman–Crippen MR) is 251 cm³/mol. The molecule has 0 N–H and O–H groups in total. The highest BCUT2D eigenvalue weighted by molar-refractivity contribution is 7.98. The van der Waals surface area contributed by atoms with Crippen molar-refractivity contribution in [1.29, 1.82) is 5.26 Å². The third-order valence-electron chi connectivity index (χ3n) is 11.5. The van der Waals surface area contributed by atoms with Crippen LogP contribution < -0.4 is 0 Å². The van der Waals surface area contributed by atoms with E-state index in [2.05, 4.69) is 92.6 Å². The maximum absolute atomic E-state index is 13.2. The second-order valence-electron chi connectivity index (χ2n) is 18.5. The lowest BCUT2D eigenvalue weighted by atomic mass is 9.17. The summed E-state index contributed by atoms with van der Waals surface area (Å²) >= 11 is 0. The van der Waals surface area contributed by atoms with Crippen molar-refractivity contribution in [1.82, 2.24) is 0 Å². The molecule has 4 aromatic carbocycles. The van der Waals surface area contributed by atoms with Crippen molar-refractivity contribution in [3.63, 3.8) is 0 Å². The zero-order chi connectivity index (χ0) is 42.8. The summed E-state index contributed by atoms with van der Waals surface area (Å²) in [5, 5.41) is 9.04. The number of ketones is 3. The van der Waals surface area contributed by atoms with E-state index in [4.69, 9.17) is 5.26 Å². The maximum atomic E-state index is 13.2. The van der Waals surface area contributed by atoms with Gasteiger partial charge in [-0.15, -0.1) is 0 Å². The molecule has 0 aliphatic heterocycles. The van der Waals surface area contributed by atoms with Gasteiger partial charge in [-0.1, -0.05) is 185 Å². The summed E-state index contributed by atoms with van der Waals surface area (Å²) in [6.07, 6.45) is 13.9. The highest BCUT2D eigenvalue weighted by Gasteiger charge is 2.31. The summed E-state index contributed by atoms with van der Waals surface area (Å²) < 4.78 is 0. The van der Waals surface area contributed by atoms with Gasteiger partial charge in [0, 0.05) is 33.7 Å². The average Bonchev–Trinajstić information content (AvgIpc) is 3.21. The molecule has 0 amide bonds. The SMILES string of the molecule is CC(C)(C)c1ccc(C(=O)C[S+](CC(=O)c2ccc(C#N)cc2)CC(=O)c2ccc(C(C)(C)C)cc2)cc1.CCCC[B-](CCCC)(CCCC)Cc1ccccc1. The van der Waals surface area contributed by atoms with Gasteiger partial charge in [-0.2, -0.15) is 30.5 Å². The quantitative estimate of drug-likeness (QED) is 0.0507. The fourth-order valence-corrected chi connectivity index (χ4v) is 9.69. The Labute approximate surface area is 354 Å². The van der Waals surface area contributed by atoms with E-state index in [1.807, 2.05) is 54.6 Å². The van der Waals surface area contributed by atoms with Gasteiger partial charge in [0.15, 0.2) is 17.3 Å². The molecule has 4 aromatic rings. The van der Waals surface area contributed by atoms with Crippen molar-refractivity contribution in [2.75, 3.05) is 17.3 Å². The van der Waals surface area contributed by atoms with Crippen molar-refractivity contribution < 1.29 is 14.4 Å². The van der Waals surface area contributed by atoms with Crippen LogP contribution in [-0.4, -0.2) is 40.8 Å². The van der Waals surface area contributed by atoms with E-state index in [1.165, 1.54) is 63.8 Å². The van der Waals surface area contributed by atoms with E-state index < -0.39 is 10.9 Å². The number of nitrogens with zero attached hydrogens (tertiary/aromatic N) is 1. The van der Waals surface area contributed by atoms with Crippen molar-refractivity contribution in [2.45, 2.75) is 137 Å². The van der Waals surface area contributed by atoms with E-state index >= 15 is 0 Å². The van der Waals surface area contributed by atoms with E-state index in [1.54, 1.807) is 29.8 Å². The van der Waals surface area contributed by atoms with Crippen molar-refractivity contribution in [3.05, 3.63) is 142 Å². The third-order valence-corrected chi connectivity index (χ3v) is 13.5. The first kappa shape index (κ1) is 48.2. The monoisotopic (exact) mass is 800 g/mol. The molecule has 310 valence electrons. The van der Waals surface area contributed by atoms with Crippen LogP contribution in [0.1, 0.15) is 154 Å². The molecule has 0 unspecified atom stereocenters. The Morgan fingerprint density at radius 1 is 0.534 bits per heavy atom. The molecule has 0 saturated carbocycles. The van der Waals surface area contributed by atoms with Crippen LogP contribution in [0.25, 0.3) is 0 Å². The summed E-state index contributed by atoms with van der Waals surface area (Å²) in [5.41, 5.74) is 5.93. The Morgan fingerprint density at radius 3 is 1.19 bits per heavy atom. The van der Waals surface area contributed by atoms with E-state index in [9.17, 15) is 14.4 Å². The van der Waals surface area contributed by atoms with Crippen LogP contribution in [0.15, 0.2) is 103 Å². The highest BCUT2D eigenvalue weighted by atomic mass is 32.2. The number of unbranched alkanes of at least 4 members (excludes halogenated alkanes) is 3. The van der Waals surface area contributed by atoms with Crippen molar-refractivity contribution in [2.24, 2.45) is 0 Å². The minimum absolute atomic E-state index is 0.0195. The lowest BCUT2D eigenvalue weighted by molar-refractivity contribution is 0.102. The Kier molecular flexibility index (Phi) is 19.4. The van der Waals surface area contributed by atoms with Gasteiger partial charge in [0.2, 0.25) is 17.3 Å². The standard InChI is InChI=1S/C33H36NO3S.C19H34B/c1-32(2,3)27-15-11-25(12-16-27)30(36)21-38(20-29(35)24-9-7-23(19-34)8-10-24)22-31(37)26-13-17-28(18-14-26)33(4,5)6;1-4-7-15-20(16-8-5-2,17-9-6-3)18-19-13-11-10-12-14-19/h7-18H,20-22H2,1-6H3;10-14H,4-9,15-18H2,1-3H3/q+1;-1. The Balaban J connectivity index is 0.000000379. The number of benzene rings is 4. The molecule has 0 saturated heterocycles. The molecule has 4 rings (SSSR count). The predicted octanol–water partition coefficient (Wildman–Crippen LogP) is 13.3. The Hall–Kier alpha value is -4.21. The zero-order valence-corrected chi connectivity index (χ0v) is 38.0. The lowest BCUT2D eigenvalue weighted by Crippen LogP contribution is -2.37. The molecule has 0 fully saturated rings. The fraction of sp³-hybridized carbons (Fsp3) is 0.462. The summed E-state index contributed by atoms with van der Waals surface area (Å²) in [4.78, 5) is 39.6. The molecule has 58 heavy (non-hydrogen) atoms. The van der Waals surface area contributed by atoms with Gasteiger partial charge in [-0.3, -0.25) is 14.4 Å². The van der Waals surface area contributed by atoms with E-state index in [0.29, 0.717) is 22.3 Å². The van der Waals surface area contributed by atoms with Gasteiger partial charge < -0.3 is 0 Å². The number of hydrogen-bond acceptors (Lipinski definition) is 4. The first-order valence-electron chi connectivity index (χ1n) is 21.7. The van der Waals surface area contributed by atoms with Crippen molar-refractivity contribution >= 4 is 34.4 Å². The van der Waals surface area contributed by atoms with Gasteiger partial charge in [-0.05, 0) is 46.2 Å². The van der Waals surface area contributed by atoms with Gasteiger partial charge in [0.1, 0.15) is 0 Å². The zero-order valence-electron chi connectivity index (χ0n) is 37.2. The van der Waals surface area contributed by atoms with Crippen molar-refractivity contribution in [3.8, 4) is 6.07 Å². The molecule has 0 aromatic heterocycles.